The van der Waals surface area contributed by atoms with Gasteiger partial charge in [0.15, 0.2) is 0 Å². The highest BCUT2D eigenvalue weighted by atomic mass is 16.1. The number of likely N-dealkylation sites (tertiary alicyclic amines) is 1. The minimum Gasteiger partial charge on any atom is -0.353 e. The third-order valence-corrected chi connectivity index (χ3v) is 3.88. The maximum Gasteiger partial charge on any atom is 0.224 e. The molecule has 4 heteroatoms. The smallest absolute Gasteiger partial charge is 0.224 e. The molecule has 0 saturated carbocycles. The van der Waals surface area contributed by atoms with Crippen LogP contribution in [0.4, 0.5) is 0 Å². The van der Waals surface area contributed by atoms with Gasteiger partial charge in [-0.15, -0.1) is 0 Å². The molecule has 1 aromatic carbocycles. The fourth-order valence-corrected chi connectivity index (χ4v) is 2.65. The van der Waals surface area contributed by atoms with Crippen molar-refractivity contribution in [2.45, 2.75) is 32.2 Å². The second kappa shape index (κ2) is 7.41. The number of rotatable bonds is 5. The van der Waals surface area contributed by atoms with Crippen molar-refractivity contribution in [2.75, 3.05) is 26.2 Å². The first kappa shape index (κ1) is 15.0. The number of carbonyl (C=O) groups excluding carboxylic acids is 1. The second-order valence-corrected chi connectivity index (χ2v) is 5.63. The Labute approximate surface area is 121 Å². The van der Waals surface area contributed by atoms with Gasteiger partial charge in [0.1, 0.15) is 0 Å². The predicted molar refractivity (Wildman–Crippen MR) is 81.5 cm³/mol. The third-order valence-electron chi connectivity index (χ3n) is 3.88. The van der Waals surface area contributed by atoms with Crippen LogP contribution in [0.1, 0.15) is 24.0 Å². The summed E-state index contributed by atoms with van der Waals surface area (Å²) in [6.45, 7) is 5.80. The zero-order valence-corrected chi connectivity index (χ0v) is 12.3. The number of hydrogen-bond donors (Lipinski definition) is 2. The lowest BCUT2D eigenvalue weighted by Crippen LogP contribution is -2.46. The number of nitrogens with one attached hydrogen (secondary N) is 1. The Balaban J connectivity index is 1.74. The number of aryl methyl sites for hydroxylation is 1. The molecular formula is C16H25N3O. The molecule has 3 N–H and O–H groups in total. The van der Waals surface area contributed by atoms with Gasteiger partial charge in [-0.2, -0.15) is 0 Å². The number of nitrogens with zero attached hydrogens (tertiary/aromatic N) is 1. The third kappa shape index (κ3) is 4.62. The summed E-state index contributed by atoms with van der Waals surface area (Å²) in [5.41, 5.74) is 7.86. The van der Waals surface area contributed by atoms with E-state index < -0.39 is 0 Å². The molecule has 110 valence electrons. The van der Waals surface area contributed by atoms with Crippen LogP contribution < -0.4 is 11.1 Å². The summed E-state index contributed by atoms with van der Waals surface area (Å²) in [5, 5.41) is 3.15. The SMILES string of the molecule is Cc1ccc(CC(=O)NC2CCN(CCN)CC2)cc1. The molecule has 0 aliphatic carbocycles. The number of amides is 1. The lowest BCUT2D eigenvalue weighted by Gasteiger charge is -2.32. The molecule has 1 aromatic rings. The van der Waals surface area contributed by atoms with Crippen molar-refractivity contribution in [3.63, 3.8) is 0 Å². The Morgan fingerprint density at radius 3 is 2.55 bits per heavy atom. The van der Waals surface area contributed by atoms with E-state index >= 15 is 0 Å². The summed E-state index contributed by atoms with van der Waals surface area (Å²) in [7, 11) is 0. The molecule has 0 unspecified atom stereocenters. The maximum atomic E-state index is 12.0. The van der Waals surface area contributed by atoms with Crippen LogP contribution in [0.25, 0.3) is 0 Å². The van der Waals surface area contributed by atoms with Crippen LogP contribution in [-0.4, -0.2) is 43.0 Å². The van der Waals surface area contributed by atoms with Crippen LogP contribution >= 0.6 is 0 Å². The first-order chi connectivity index (χ1) is 9.67. The molecule has 1 aliphatic heterocycles. The van der Waals surface area contributed by atoms with Crippen LogP contribution in [0.5, 0.6) is 0 Å². The normalized spacial score (nSPS) is 17.1. The number of piperidine rings is 1. The van der Waals surface area contributed by atoms with Gasteiger partial charge in [-0.1, -0.05) is 29.8 Å². The van der Waals surface area contributed by atoms with E-state index in [9.17, 15) is 4.79 Å². The van der Waals surface area contributed by atoms with Gasteiger partial charge in [-0.05, 0) is 25.3 Å². The summed E-state index contributed by atoms with van der Waals surface area (Å²) >= 11 is 0. The minimum absolute atomic E-state index is 0.131. The van der Waals surface area contributed by atoms with Crippen molar-refractivity contribution in [3.05, 3.63) is 35.4 Å². The standard InChI is InChI=1S/C16H25N3O/c1-13-2-4-14(5-3-13)12-16(20)18-15-6-9-19(10-7-15)11-8-17/h2-5,15H,6-12,17H2,1H3,(H,18,20). The molecule has 1 amide bonds. The lowest BCUT2D eigenvalue weighted by molar-refractivity contribution is -0.121. The predicted octanol–water partition coefficient (Wildman–Crippen LogP) is 1.08. The zero-order valence-electron chi connectivity index (χ0n) is 12.3. The molecule has 20 heavy (non-hydrogen) atoms. The van der Waals surface area contributed by atoms with Gasteiger partial charge < -0.3 is 16.0 Å². The Bertz CT molecular complexity index is 422. The molecule has 1 saturated heterocycles. The first-order valence-corrected chi connectivity index (χ1v) is 7.44. The van der Waals surface area contributed by atoms with E-state index in [1.54, 1.807) is 0 Å². The maximum absolute atomic E-state index is 12.0. The quantitative estimate of drug-likeness (QED) is 0.845. The van der Waals surface area contributed by atoms with Gasteiger partial charge in [-0.3, -0.25) is 4.79 Å². The summed E-state index contributed by atoms with van der Waals surface area (Å²) in [4.78, 5) is 14.4. The molecule has 0 spiro atoms. The van der Waals surface area contributed by atoms with E-state index in [0.29, 0.717) is 19.0 Å². The molecule has 0 aromatic heterocycles. The van der Waals surface area contributed by atoms with Crippen LogP contribution in [0.2, 0.25) is 0 Å². The van der Waals surface area contributed by atoms with Crippen LogP contribution in [-0.2, 0) is 11.2 Å². The number of carbonyl (C=O) groups is 1. The molecule has 1 heterocycles. The molecule has 0 bridgehead atoms. The van der Waals surface area contributed by atoms with Crippen molar-refractivity contribution in [2.24, 2.45) is 5.73 Å². The van der Waals surface area contributed by atoms with E-state index in [2.05, 4.69) is 17.1 Å². The fourth-order valence-electron chi connectivity index (χ4n) is 2.65. The van der Waals surface area contributed by atoms with E-state index in [4.69, 9.17) is 5.73 Å². The minimum atomic E-state index is 0.131. The monoisotopic (exact) mass is 275 g/mol. The topological polar surface area (TPSA) is 58.4 Å². The highest BCUT2D eigenvalue weighted by Gasteiger charge is 2.19. The van der Waals surface area contributed by atoms with Gasteiger partial charge in [0.2, 0.25) is 5.91 Å². The summed E-state index contributed by atoms with van der Waals surface area (Å²) < 4.78 is 0. The average molecular weight is 275 g/mol. The van der Waals surface area contributed by atoms with Crippen molar-refractivity contribution in [1.29, 1.82) is 0 Å². The molecule has 1 aliphatic rings. The van der Waals surface area contributed by atoms with Crippen LogP contribution in [0, 0.1) is 6.92 Å². The van der Waals surface area contributed by atoms with E-state index in [0.717, 1.165) is 38.0 Å². The van der Waals surface area contributed by atoms with Crippen LogP contribution in [0.3, 0.4) is 0 Å². The van der Waals surface area contributed by atoms with Crippen molar-refractivity contribution < 1.29 is 4.79 Å². The van der Waals surface area contributed by atoms with Gasteiger partial charge in [0.25, 0.3) is 0 Å². The largest absolute Gasteiger partial charge is 0.353 e. The second-order valence-electron chi connectivity index (χ2n) is 5.63. The van der Waals surface area contributed by atoms with Gasteiger partial charge in [0, 0.05) is 32.2 Å². The van der Waals surface area contributed by atoms with Gasteiger partial charge >= 0.3 is 0 Å². The highest BCUT2D eigenvalue weighted by Crippen LogP contribution is 2.10. The Morgan fingerprint density at radius 1 is 1.30 bits per heavy atom. The van der Waals surface area contributed by atoms with E-state index in [1.807, 2.05) is 24.3 Å². The fraction of sp³-hybridized carbons (Fsp3) is 0.562. The number of hydrogen-bond acceptors (Lipinski definition) is 3. The lowest BCUT2D eigenvalue weighted by atomic mass is 10.0. The van der Waals surface area contributed by atoms with Crippen LogP contribution in [0.15, 0.2) is 24.3 Å². The summed E-state index contributed by atoms with van der Waals surface area (Å²) in [5.74, 6) is 0.131. The van der Waals surface area contributed by atoms with Crippen molar-refractivity contribution in [1.82, 2.24) is 10.2 Å². The van der Waals surface area contributed by atoms with Crippen molar-refractivity contribution in [3.8, 4) is 0 Å². The molecule has 2 rings (SSSR count). The van der Waals surface area contributed by atoms with Gasteiger partial charge in [0.05, 0.1) is 6.42 Å². The van der Waals surface area contributed by atoms with E-state index in [1.165, 1.54) is 5.56 Å². The van der Waals surface area contributed by atoms with Gasteiger partial charge in [-0.25, -0.2) is 0 Å². The average Bonchev–Trinajstić information content (AvgIpc) is 2.44. The Hall–Kier alpha value is -1.39. The molecule has 4 nitrogen and oxygen atoms in total. The van der Waals surface area contributed by atoms with Crippen molar-refractivity contribution >= 4 is 5.91 Å². The summed E-state index contributed by atoms with van der Waals surface area (Å²) in [6, 6.07) is 8.47. The number of nitrogens with two attached hydrogens (primary N) is 1. The Morgan fingerprint density at radius 2 is 1.95 bits per heavy atom. The highest BCUT2D eigenvalue weighted by molar-refractivity contribution is 5.78. The number of benzene rings is 1. The Kier molecular flexibility index (Phi) is 5.56. The molecular weight excluding hydrogens is 250 g/mol. The summed E-state index contributed by atoms with van der Waals surface area (Å²) in [6.07, 6.45) is 2.53. The molecule has 1 fully saturated rings. The van der Waals surface area contributed by atoms with E-state index in [-0.39, 0.29) is 5.91 Å². The molecule has 0 atom stereocenters. The zero-order chi connectivity index (χ0) is 14.4. The first-order valence-electron chi connectivity index (χ1n) is 7.44. The molecule has 0 radical (unpaired) electrons.